The molecule has 0 unspecified atom stereocenters. The second kappa shape index (κ2) is 6.95. The Balaban J connectivity index is 2.25. The van der Waals surface area contributed by atoms with Gasteiger partial charge in [0.25, 0.3) is 0 Å². The van der Waals surface area contributed by atoms with Crippen LogP contribution in [0.2, 0.25) is 0 Å². The van der Waals surface area contributed by atoms with E-state index in [0.29, 0.717) is 0 Å². The molecule has 1 rings (SSSR count). The second-order valence-corrected chi connectivity index (χ2v) is 5.57. The molecule has 0 nitrogen and oxygen atoms in total. The SMILES string of the molecule is CC[C@@H](C)C[C@@H](C)CSc1ccccc1. The highest BCUT2D eigenvalue weighted by Gasteiger charge is 2.07. The first-order chi connectivity index (χ1) is 7.22. The van der Waals surface area contributed by atoms with E-state index >= 15 is 0 Å². The minimum absolute atomic E-state index is 0.824. The Morgan fingerprint density at radius 1 is 1.07 bits per heavy atom. The summed E-state index contributed by atoms with van der Waals surface area (Å²) in [6.45, 7) is 6.99. The third kappa shape index (κ3) is 5.27. The zero-order chi connectivity index (χ0) is 11.1. The smallest absolute Gasteiger partial charge is 0.00720 e. The molecule has 0 saturated heterocycles. The lowest BCUT2D eigenvalue weighted by molar-refractivity contribution is 0.433. The van der Waals surface area contributed by atoms with Gasteiger partial charge in [-0.1, -0.05) is 45.4 Å². The van der Waals surface area contributed by atoms with Crippen LogP contribution >= 0.6 is 11.8 Å². The molecule has 84 valence electrons. The van der Waals surface area contributed by atoms with Gasteiger partial charge in [-0.15, -0.1) is 11.8 Å². The average molecular weight is 222 g/mol. The molecule has 0 N–H and O–H groups in total. The molecule has 1 heteroatoms. The van der Waals surface area contributed by atoms with Crippen LogP contribution in [0.5, 0.6) is 0 Å². The van der Waals surface area contributed by atoms with Gasteiger partial charge in [-0.25, -0.2) is 0 Å². The summed E-state index contributed by atoms with van der Waals surface area (Å²) in [5, 5.41) is 0. The highest BCUT2D eigenvalue weighted by molar-refractivity contribution is 7.99. The van der Waals surface area contributed by atoms with Gasteiger partial charge < -0.3 is 0 Å². The lowest BCUT2D eigenvalue weighted by atomic mass is 9.97. The van der Waals surface area contributed by atoms with E-state index in [1.165, 1.54) is 23.5 Å². The zero-order valence-corrected chi connectivity index (χ0v) is 10.9. The monoisotopic (exact) mass is 222 g/mol. The lowest BCUT2D eigenvalue weighted by Gasteiger charge is -2.15. The summed E-state index contributed by atoms with van der Waals surface area (Å²) in [6.07, 6.45) is 2.66. The van der Waals surface area contributed by atoms with Gasteiger partial charge in [0.1, 0.15) is 0 Å². The number of thioether (sulfide) groups is 1. The molecule has 0 aliphatic heterocycles. The quantitative estimate of drug-likeness (QED) is 0.620. The maximum Gasteiger partial charge on any atom is 0.00720 e. The van der Waals surface area contributed by atoms with Gasteiger partial charge >= 0.3 is 0 Å². The van der Waals surface area contributed by atoms with E-state index in [9.17, 15) is 0 Å². The third-order valence-corrected chi connectivity index (χ3v) is 4.12. The summed E-state index contributed by atoms with van der Waals surface area (Å²) in [6, 6.07) is 10.7. The Kier molecular flexibility index (Phi) is 5.85. The summed E-state index contributed by atoms with van der Waals surface area (Å²) in [4.78, 5) is 1.40. The number of benzene rings is 1. The Hall–Kier alpha value is -0.430. The van der Waals surface area contributed by atoms with Crippen molar-refractivity contribution < 1.29 is 0 Å². The fourth-order valence-corrected chi connectivity index (χ4v) is 2.64. The molecule has 0 spiro atoms. The van der Waals surface area contributed by atoms with Gasteiger partial charge in [-0.3, -0.25) is 0 Å². The summed E-state index contributed by atoms with van der Waals surface area (Å²) >= 11 is 1.98. The molecule has 2 atom stereocenters. The van der Waals surface area contributed by atoms with Crippen molar-refractivity contribution in [1.29, 1.82) is 0 Å². The van der Waals surface area contributed by atoms with E-state index in [-0.39, 0.29) is 0 Å². The third-order valence-electron chi connectivity index (χ3n) is 2.78. The highest BCUT2D eigenvalue weighted by atomic mass is 32.2. The molecule has 0 fully saturated rings. The van der Waals surface area contributed by atoms with Crippen molar-refractivity contribution in [3.05, 3.63) is 30.3 Å². The maximum atomic E-state index is 2.36. The van der Waals surface area contributed by atoms with Crippen LogP contribution in [0.1, 0.15) is 33.6 Å². The predicted molar refractivity (Wildman–Crippen MR) is 70.4 cm³/mol. The molecule has 1 aromatic carbocycles. The standard InChI is InChI=1S/C14H22S/c1-4-12(2)10-13(3)11-15-14-8-6-5-7-9-14/h5-9,12-13H,4,10-11H2,1-3H3/t12-,13-/m1/s1. The minimum Gasteiger partial charge on any atom is -0.126 e. The fraction of sp³-hybridized carbons (Fsp3) is 0.571. The largest absolute Gasteiger partial charge is 0.126 e. The first-order valence-electron chi connectivity index (χ1n) is 5.90. The zero-order valence-electron chi connectivity index (χ0n) is 10.1. The van der Waals surface area contributed by atoms with Crippen LogP contribution < -0.4 is 0 Å². The van der Waals surface area contributed by atoms with E-state index in [1.54, 1.807) is 0 Å². The Bertz CT molecular complexity index is 255. The fourth-order valence-electron chi connectivity index (χ4n) is 1.68. The van der Waals surface area contributed by atoms with Crippen molar-refractivity contribution >= 4 is 11.8 Å². The van der Waals surface area contributed by atoms with Crippen molar-refractivity contribution in [3.63, 3.8) is 0 Å². The van der Waals surface area contributed by atoms with Gasteiger partial charge in [0.15, 0.2) is 0 Å². The molecule has 15 heavy (non-hydrogen) atoms. The van der Waals surface area contributed by atoms with Crippen LogP contribution in [-0.4, -0.2) is 5.75 Å². The summed E-state index contributed by atoms with van der Waals surface area (Å²) < 4.78 is 0. The molecule has 0 amide bonds. The molecule has 0 aliphatic rings. The van der Waals surface area contributed by atoms with Crippen LogP contribution in [0.4, 0.5) is 0 Å². The topological polar surface area (TPSA) is 0 Å². The Morgan fingerprint density at radius 3 is 2.33 bits per heavy atom. The number of hydrogen-bond donors (Lipinski definition) is 0. The first kappa shape index (κ1) is 12.6. The van der Waals surface area contributed by atoms with Crippen molar-refractivity contribution in [2.75, 3.05) is 5.75 Å². The Morgan fingerprint density at radius 2 is 1.73 bits per heavy atom. The molecule has 0 radical (unpaired) electrons. The van der Waals surface area contributed by atoms with Crippen LogP contribution in [0, 0.1) is 11.8 Å². The summed E-state index contributed by atoms with van der Waals surface area (Å²) in [7, 11) is 0. The molecule has 0 saturated carbocycles. The number of hydrogen-bond acceptors (Lipinski definition) is 1. The second-order valence-electron chi connectivity index (χ2n) is 4.48. The van der Waals surface area contributed by atoms with Crippen LogP contribution in [-0.2, 0) is 0 Å². The van der Waals surface area contributed by atoms with E-state index in [2.05, 4.69) is 51.1 Å². The van der Waals surface area contributed by atoms with Gasteiger partial charge in [0, 0.05) is 10.6 Å². The van der Waals surface area contributed by atoms with E-state index < -0.39 is 0 Å². The van der Waals surface area contributed by atoms with Gasteiger partial charge in [0.2, 0.25) is 0 Å². The van der Waals surface area contributed by atoms with E-state index in [1.807, 2.05) is 11.8 Å². The molecule has 1 aromatic rings. The average Bonchev–Trinajstić information content (AvgIpc) is 2.27. The van der Waals surface area contributed by atoms with Crippen molar-refractivity contribution in [3.8, 4) is 0 Å². The molecule has 0 heterocycles. The maximum absolute atomic E-state index is 2.36. The van der Waals surface area contributed by atoms with Crippen LogP contribution in [0.15, 0.2) is 35.2 Å². The van der Waals surface area contributed by atoms with Gasteiger partial charge in [-0.2, -0.15) is 0 Å². The minimum atomic E-state index is 0.824. The van der Waals surface area contributed by atoms with Gasteiger partial charge in [0.05, 0.1) is 0 Å². The first-order valence-corrected chi connectivity index (χ1v) is 6.88. The lowest BCUT2D eigenvalue weighted by Crippen LogP contribution is -2.04. The molecule has 0 aliphatic carbocycles. The molecular formula is C14H22S. The van der Waals surface area contributed by atoms with E-state index in [4.69, 9.17) is 0 Å². The Labute approximate surface area is 98.5 Å². The van der Waals surface area contributed by atoms with Gasteiger partial charge in [-0.05, 0) is 30.4 Å². The molecular weight excluding hydrogens is 200 g/mol. The predicted octanol–water partition coefficient (Wildman–Crippen LogP) is 4.85. The van der Waals surface area contributed by atoms with Crippen molar-refractivity contribution in [2.45, 2.75) is 38.5 Å². The van der Waals surface area contributed by atoms with Crippen molar-refractivity contribution in [2.24, 2.45) is 11.8 Å². The summed E-state index contributed by atoms with van der Waals surface area (Å²) in [5.41, 5.74) is 0. The number of rotatable bonds is 6. The van der Waals surface area contributed by atoms with Crippen LogP contribution in [0.3, 0.4) is 0 Å². The molecule has 0 bridgehead atoms. The molecule has 0 aromatic heterocycles. The van der Waals surface area contributed by atoms with Crippen LogP contribution in [0.25, 0.3) is 0 Å². The van der Waals surface area contributed by atoms with Crippen molar-refractivity contribution in [1.82, 2.24) is 0 Å². The summed E-state index contributed by atoms with van der Waals surface area (Å²) in [5.74, 6) is 2.94. The normalized spacial score (nSPS) is 14.9. The highest BCUT2D eigenvalue weighted by Crippen LogP contribution is 2.24. The van der Waals surface area contributed by atoms with E-state index in [0.717, 1.165) is 11.8 Å².